The Morgan fingerprint density at radius 1 is 0.744 bits per heavy atom. The third-order valence-corrected chi connectivity index (χ3v) is 7.79. The van der Waals surface area contributed by atoms with Crippen LogP contribution >= 0.6 is 0 Å². The molecule has 0 amide bonds. The Morgan fingerprint density at radius 2 is 1.40 bits per heavy atom. The lowest BCUT2D eigenvalue weighted by Gasteiger charge is -2.46. The third kappa shape index (κ3) is 5.74. The number of fused-ring (bicyclic) bond motifs is 1. The van der Waals surface area contributed by atoms with Crippen LogP contribution in [0.1, 0.15) is 11.7 Å². The van der Waals surface area contributed by atoms with Gasteiger partial charge in [0.2, 0.25) is 0 Å². The van der Waals surface area contributed by atoms with Gasteiger partial charge >= 0.3 is 0 Å². The molecule has 0 unspecified atom stereocenters. The second-order valence-electron chi connectivity index (χ2n) is 10.3. The minimum Gasteiger partial charge on any atom is -0.497 e. The summed E-state index contributed by atoms with van der Waals surface area (Å²) in [6.45, 7) is -1.47. The molecule has 3 heterocycles. The molecule has 1 aromatic carbocycles. The van der Waals surface area contributed by atoms with Crippen LogP contribution in [0.15, 0.2) is 51.7 Å². The van der Waals surface area contributed by atoms with E-state index in [1.54, 1.807) is 37.4 Å². The first kappa shape index (κ1) is 31.3. The quantitative estimate of drug-likeness (QED) is 0.160. The lowest BCUT2D eigenvalue weighted by Crippen LogP contribution is -2.63. The van der Waals surface area contributed by atoms with Crippen molar-refractivity contribution in [2.24, 2.45) is 0 Å². The first-order chi connectivity index (χ1) is 20.6. The van der Waals surface area contributed by atoms with Crippen LogP contribution in [-0.2, 0) is 14.2 Å². The average molecular weight is 607 g/mol. The van der Waals surface area contributed by atoms with Gasteiger partial charge in [-0.25, -0.2) is 0 Å². The van der Waals surface area contributed by atoms with Crippen LogP contribution in [0.2, 0.25) is 0 Å². The van der Waals surface area contributed by atoms with E-state index in [0.717, 1.165) is 0 Å². The van der Waals surface area contributed by atoms with Crippen LogP contribution < -0.4 is 14.9 Å². The highest BCUT2D eigenvalue weighted by molar-refractivity contribution is 5.69. The summed E-state index contributed by atoms with van der Waals surface area (Å²) in [4.78, 5) is 13.9. The van der Waals surface area contributed by atoms with Crippen LogP contribution in [0.4, 0.5) is 0 Å². The predicted molar refractivity (Wildman–Crippen MR) is 145 cm³/mol. The molecule has 0 saturated carbocycles. The Balaban J connectivity index is 1.56. The van der Waals surface area contributed by atoms with Crippen LogP contribution in [-0.4, -0.2) is 118 Å². The highest BCUT2D eigenvalue weighted by atomic mass is 16.7. The minimum atomic E-state index is -1.85. The molecule has 4 aliphatic rings. The fourth-order valence-corrected chi connectivity index (χ4v) is 5.36. The molecule has 2 saturated heterocycles. The third-order valence-electron chi connectivity index (χ3n) is 7.79. The molecule has 1 aromatic rings. The van der Waals surface area contributed by atoms with Gasteiger partial charge in [-0.1, -0.05) is 0 Å². The molecule has 0 spiro atoms. The van der Waals surface area contributed by atoms with Crippen molar-refractivity contribution >= 4 is 0 Å². The van der Waals surface area contributed by atoms with Gasteiger partial charge in [-0.3, -0.25) is 4.79 Å². The minimum absolute atomic E-state index is 0.0270. The lowest BCUT2D eigenvalue weighted by molar-refractivity contribution is -0.342. The SMILES string of the molecule is COc1ccc(-c2ccc3c(=O)c([C@@H]4O[C@H](CO)[C@@H](O)[C@H](O)[C@H]4O[C@@H]4O[C@H](CO)[C@@H](O)[C@H](O)[C@H]4O)c(OC)cc-3o2)cc1. The van der Waals surface area contributed by atoms with Crippen LogP contribution in [0.25, 0.3) is 22.6 Å². The van der Waals surface area contributed by atoms with E-state index in [1.165, 1.54) is 19.2 Å². The van der Waals surface area contributed by atoms with E-state index in [-0.39, 0.29) is 22.6 Å². The smallest absolute Gasteiger partial charge is 0.199 e. The molecule has 1 aliphatic carbocycles. The predicted octanol–water partition coefficient (Wildman–Crippen LogP) is -1.23. The van der Waals surface area contributed by atoms with E-state index >= 15 is 0 Å². The molecule has 43 heavy (non-hydrogen) atoms. The van der Waals surface area contributed by atoms with E-state index in [4.69, 9.17) is 28.1 Å². The molecule has 10 atom stereocenters. The van der Waals surface area contributed by atoms with Crippen molar-refractivity contribution in [3.8, 4) is 34.1 Å². The largest absolute Gasteiger partial charge is 0.497 e. The fourth-order valence-electron chi connectivity index (χ4n) is 5.36. The molecule has 0 bridgehead atoms. The second kappa shape index (κ2) is 12.8. The van der Waals surface area contributed by atoms with Gasteiger partial charge in [-0.15, -0.1) is 0 Å². The normalized spacial score (nSPS) is 33.0. The average Bonchev–Trinajstić information content (AvgIpc) is 3.03. The zero-order valence-electron chi connectivity index (χ0n) is 23.2. The summed E-state index contributed by atoms with van der Waals surface area (Å²) in [5.41, 5.74) is 0.0440. The first-order valence-electron chi connectivity index (χ1n) is 13.5. The summed E-state index contributed by atoms with van der Waals surface area (Å²) in [5, 5.41) is 72.0. The Hall–Kier alpha value is -3.15. The Morgan fingerprint density at radius 3 is 2.02 bits per heavy atom. The Kier molecular flexibility index (Phi) is 9.34. The maximum Gasteiger partial charge on any atom is 0.199 e. The maximum absolute atomic E-state index is 13.9. The highest BCUT2D eigenvalue weighted by Gasteiger charge is 2.52. The van der Waals surface area contributed by atoms with Crippen LogP contribution in [0, 0.1) is 0 Å². The van der Waals surface area contributed by atoms with Gasteiger partial charge in [0.15, 0.2) is 11.7 Å². The zero-order valence-corrected chi connectivity index (χ0v) is 23.2. The second-order valence-corrected chi connectivity index (χ2v) is 10.3. The van der Waals surface area contributed by atoms with Gasteiger partial charge in [0.05, 0.1) is 38.6 Å². The molecule has 234 valence electrons. The number of aliphatic hydroxyl groups is 7. The molecular weight excluding hydrogens is 572 g/mol. The maximum atomic E-state index is 13.9. The van der Waals surface area contributed by atoms with Crippen LogP contribution in [0.5, 0.6) is 11.5 Å². The number of hydrogen-bond donors (Lipinski definition) is 7. The molecule has 0 aromatic heterocycles. The Labute approximate surface area is 245 Å². The number of ether oxygens (including phenoxy) is 5. The number of benzene rings is 2. The van der Waals surface area contributed by atoms with E-state index in [1.807, 2.05) is 0 Å². The van der Waals surface area contributed by atoms with Gasteiger partial charge in [-0.05, 0) is 36.4 Å². The number of aliphatic hydroxyl groups excluding tert-OH is 7. The first-order valence-corrected chi connectivity index (χ1v) is 13.5. The molecule has 5 rings (SSSR count). The molecule has 7 N–H and O–H groups in total. The number of methoxy groups -OCH3 is 2. The Bertz CT molecular complexity index is 1410. The summed E-state index contributed by atoms with van der Waals surface area (Å²) in [5.74, 6) is 1.24. The van der Waals surface area contributed by atoms with E-state index in [2.05, 4.69) is 0 Å². The summed E-state index contributed by atoms with van der Waals surface area (Å²) >= 11 is 0. The standard InChI is InChI=1S/C29H34O14/c1-38-13-5-3-12(4-6-13)15-8-7-14-16(40-15)9-17(39-2)20(21(14)32)27-28(25(36)23(34)18(10-30)41-27)43-29-26(37)24(35)22(33)19(11-31)42-29/h3-9,18-19,22-31,33-37H,10-11H2,1-2H3/t18-,19-,22-,23-,24+,25+,26-,27+,28-,29+/m1/s1. The molecule has 0 radical (unpaired) electrons. The monoisotopic (exact) mass is 606 g/mol. The number of hydrogen-bond acceptors (Lipinski definition) is 14. The van der Waals surface area contributed by atoms with E-state index < -0.39 is 79.9 Å². The zero-order chi connectivity index (χ0) is 31.0. The van der Waals surface area contributed by atoms with Crippen molar-refractivity contribution < 1.29 is 63.8 Å². The van der Waals surface area contributed by atoms with Crippen molar-refractivity contribution in [2.75, 3.05) is 27.4 Å². The molecular formula is C29H34O14. The summed E-state index contributed by atoms with van der Waals surface area (Å²) in [6.07, 6.45) is -16.4. The van der Waals surface area contributed by atoms with Crippen molar-refractivity contribution in [3.63, 3.8) is 0 Å². The molecule has 14 heteroatoms. The summed E-state index contributed by atoms with van der Waals surface area (Å²) in [6, 6.07) is 11.7. The van der Waals surface area contributed by atoms with Crippen molar-refractivity contribution in [3.05, 3.63) is 58.3 Å². The van der Waals surface area contributed by atoms with E-state index in [9.17, 15) is 40.5 Å². The van der Waals surface area contributed by atoms with Gasteiger partial charge in [-0.2, -0.15) is 0 Å². The lowest BCUT2D eigenvalue weighted by atomic mass is 9.88. The fraction of sp³-hybridized carbons (Fsp3) is 0.483. The van der Waals surface area contributed by atoms with Crippen molar-refractivity contribution in [1.29, 1.82) is 0 Å². The molecule has 3 aliphatic heterocycles. The highest BCUT2D eigenvalue weighted by Crippen LogP contribution is 2.41. The van der Waals surface area contributed by atoms with E-state index in [0.29, 0.717) is 17.1 Å². The van der Waals surface area contributed by atoms with Gasteiger partial charge in [0.25, 0.3) is 0 Å². The van der Waals surface area contributed by atoms with Gasteiger partial charge in [0.1, 0.15) is 78.0 Å². The summed E-state index contributed by atoms with van der Waals surface area (Å²) < 4.78 is 33.8. The molecule has 2 fully saturated rings. The summed E-state index contributed by atoms with van der Waals surface area (Å²) in [7, 11) is 2.84. The van der Waals surface area contributed by atoms with Crippen molar-refractivity contribution in [1.82, 2.24) is 0 Å². The number of rotatable bonds is 8. The van der Waals surface area contributed by atoms with Gasteiger partial charge < -0.3 is 63.8 Å². The topological polar surface area (TPSA) is 218 Å². The van der Waals surface area contributed by atoms with Crippen molar-refractivity contribution in [2.45, 2.75) is 61.2 Å². The molecule has 14 nitrogen and oxygen atoms in total. The van der Waals surface area contributed by atoms with Crippen LogP contribution in [0.3, 0.4) is 0 Å². The van der Waals surface area contributed by atoms with Gasteiger partial charge in [0, 0.05) is 11.6 Å².